The molecule has 15 heavy (non-hydrogen) atoms. The largest absolute Gasteiger partial charge is 0.388 e. The van der Waals surface area contributed by atoms with E-state index in [1.807, 2.05) is 0 Å². The second-order valence-electron chi connectivity index (χ2n) is 4.75. The van der Waals surface area contributed by atoms with E-state index in [1.165, 1.54) is 0 Å². The number of likely N-dealkylation sites (N-methyl/N-ethyl adjacent to an activating group) is 1. The van der Waals surface area contributed by atoms with Crippen molar-refractivity contribution < 1.29 is 0 Å². The van der Waals surface area contributed by atoms with Crippen LogP contribution in [-0.4, -0.2) is 54.4 Å². The Kier molecular flexibility index (Phi) is 4.54. The summed E-state index contributed by atoms with van der Waals surface area (Å²) in [7, 11) is 2.20. The minimum absolute atomic E-state index is 0.310. The number of amidine groups is 1. The molecule has 0 aliphatic carbocycles. The molecule has 0 aromatic heterocycles. The fraction of sp³-hybridized carbons (Fsp3) is 0.909. The lowest BCUT2D eigenvalue weighted by molar-refractivity contribution is 0.0598. The molecule has 0 radical (unpaired) electrons. The first-order valence-electron chi connectivity index (χ1n) is 5.78. The van der Waals surface area contributed by atoms with Gasteiger partial charge in [0.25, 0.3) is 0 Å². The normalized spacial score (nSPS) is 29.3. The van der Waals surface area contributed by atoms with E-state index >= 15 is 0 Å². The van der Waals surface area contributed by atoms with E-state index in [9.17, 15) is 0 Å². The molecule has 0 amide bonds. The highest BCUT2D eigenvalue weighted by Crippen LogP contribution is 2.13. The van der Waals surface area contributed by atoms with E-state index in [1.54, 1.807) is 0 Å². The van der Waals surface area contributed by atoms with E-state index in [0.29, 0.717) is 17.9 Å². The van der Waals surface area contributed by atoms with Gasteiger partial charge in [-0.3, -0.25) is 10.3 Å². The molecule has 1 aliphatic heterocycles. The molecule has 88 valence electrons. The summed E-state index contributed by atoms with van der Waals surface area (Å²) in [6, 6.07) is 1.26. The Hall–Kier alpha value is -0.610. The molecule has 1 saturated heterocycles. The smallest absolute Gasteiger partial charge is 0.0905 e. The van der Waals surface area contributed by atoms with Gasteiger partial charge in [-0.05, 0) is 33.9 Å². The highest BCUT2D eigenvalue weighted by Gasteiger charge is 2.25. The van der Waals surface area contributed by atoms with Gasteiger partial charge in [-0.15, -0.1) is 0 Å². The first-order valence-corrected chi connectivity index (χ1v) is 5.78. The molecule has 1 heterocycles. The fourth-order valence-electron chi connectivity index (χ4n) is 2.19. The predicted molar refractivity (Wildman–Crippen MR) is 64.3 cm³/mol. The van der Waals surface area contributed by atoms with Crippen LogP contribution in [0.4, 0.5) is 0 Å². The van der Waals surface area contributed by atoms with Crippen LogP contribution in [0.1, 0.15) is 26.7 Å². The van der Waals surface area contributed by atoms with Crippen molar-refractivity contribution in [3.8, 4) is 0 Å². The Morgan fingerprint density at radius 3 is 2.33 bits per heavy atom. The maximum absolute atomic E-state index is 7.17. The van der Waals surface area contributed by atoms with Gasteiger partial charge in [0.2, 0.25) is 0 Å². The summed E-state index contributed by atoms with van der Waals surface area (Å²) in [6.45, 7) is 7.89. The van der Waals surface area contributed by atoms with E-state index < -0.39 is 0 Å². The molecule has 2 atom stereocenters. The van der Waals surface area contributed by atoms with Crippen LogP contribution >= 0.6 is 0 Å². The van der Waals surface area contributed by atoms with E-state index in [2.05, 4.69) is 30.7 Å². The molecule has 0 saturated carbocycles. The van der Waals surface area contributed by atoms with Gasteiger partial charge in [-0.1, -0.05) is 0 Å². The molecule has 0 bridgehead atoms. The zero-order chi connectivity index (χ0) is 11.4. The van der Waals surface area contributed by atoms with Crippen LogP contribution in [-0.2, 0) is 0 Å². The van der Waals surface area contributed by atoms with Gasteiger partial charge in [0.1, 0.15) is 0 Å². The lowest BCUT2D eigenvalue weighted by Gasteiger charge is -2.42. The van der Waals surface area contributed by atoms with Gasteiger partial charge in [-0.2, -0.15) is 0 Å². The van der Waals surface area contributed by atoms with Crippen LogP contribution in [0.2, 0.25) is 0 Å². The Morgan fingerprint density at radius 1 is 1.33 bits per heavy atom. The van der Waals surface area contributed by atoms with Crippen LogP contribution < -0.4 is 5.73 Å². The predicted octanol–water partition coefficient (Wildman–Crippen LogP) is 0.727. The fourth-order valence-corrected chi connectivity index (χ4v) is 2.19. The Bertz CT molecular complexity index is 205. The molecule has 1 rings (SSSR count). The molecule has 3 N–H and O–H groups in total. The number of nitrogens with zero attached hydrogens (tertiary/aromatic N) is 2. The molecule has 4 nitrogen and oxygen atoms in total. The summed E-state index contributed by atoms with van der Waals surface area (Å²) in [5.74, 6) is 0.310. The Labute approximate surface area is 92.9 Å². The highest BCUT2D eigenvalue weighted by atomic mass is 15.3. The lowest BCUT2D eigenvalue weighted by Crippen LogP contribution is -2.54. The number of nitrogens with one attached hydrogen (secondary N) is 1. The molecule has 0 spiro atoms. The van der Waals surface area contributed by atoms with Gasteiger partial charge in [0, 0.05) is 31.6 Å². The number of hydrogen-bond donors (Lipinski definition) is 2. The van der Waals surface area contributed by atoms with Crippen molar-refractivity contribution in [3.05, 3.63) is 0 Å². The summed E-state index contributed by atoms with van der Waals surface area (Å²) in [5, 5.41) is 7.17. The van der Waals surface area contributed by atoms with Crippen LogP contribution in [0.3, 0.4) is 0 Å². The third kappa shape index (κ3) is 3.80. The Balaban J connectivity index is 2.28. The summed E-state index contributed by atoms with van der Waals surface area (Å²) < 4.78 is 0. The van der Waals surface area contributed by atoms with Crippen molar-refractivity contribution in [2.75, 3.05) is 26.7 Å². The van der Waals surface area contributed by atoms with Crippen molar-refractivity contribution in [1.29, 1.82) is 5.41 Å². The first kappa shape index (κ1) is 12.5. The van der Waals surface area contributed by atoms with E-state index in [4.69, 9.17) is 11.1 Å². The summed E-state index contributed by atoms with van der Waals surface area (Å²) in [4.78, 5) is 4.92. The quantitative estimate of drug-likeness (QED) is 0.533. The summed E-state index contributed by atoms with van der Waals surface area (Å²) in [5.41, 5.74) is 5.34. The number of hydrogen-bond acceptors (Lipinski definition) is 3. The molecule has 0 aromatic rings. The Morgan fingerprint density at radius 2 is 1.87 bits per heavy atom. The molecule has 1 fully saturated rings. The second kappa shape index (κ2) is 5.47. The topological polar surface area (TPSA) is 56.4 Å². The molecular weight excluding hydrogens is 188 g/mol. The van der Waals surface area contributed by atoms with Crippen molar-refractivity contribution in [2.24, 2.45) is 5.73 Å². The van der Waals surface area contributed by atoms with Crippen LogP contribution in [0.5, 0.6) is 0 Å². The first-order chi connectivity index (χ1) is 7.00. The van der Waals surface area contributed by atoms with Gasteiger partial charge in [0.15, 0.2) is 0 Å². The minimum atomic E-state index is 0.310. The maximum atomic E-state index is 7.17. The van der Waals surface area contributed by atoms with Crippen LogP contribution in [0.25, 0.3) is 0 Å². The van der Waals surface area contributed by atoms with Gasteiger partial charge >= 0.3 is 0 Å². The third-order valence-corrected chi connectivity index (χ3v) is 3.36. The monoisotopic (exact) mass is 212 g/mol. The SMILES string of the molecule is CC1CN(CCCC(=N)N)CC(C)N1C. The van der Waals surface area contributed by atoms with Crippen molar-refractivity contribution in [2.45, 2.75) is 38.8 Å². The molecule has 1 aliphatic rings. The second-order valence-corrected chi connectivity index (χ2v) is 4.75. The van der Waals surface area contributed by atoms with Crippen LogP contribution in [0, 0.1) is 5.41 Å². The zero-order valence-corrected chi connectivity index (χ0v) is 10.2. The van der Waals surface area contributed by atoms with Crippen molar-refractivity contribution >= 4 is 5.84 Å². The van der Waals surface area contributed by atoms with Crippen molar-refractivity contribution in [3.63, 3.8) is 0 Å². The lowest BCUT2D eigenvalue weighted by atomic mass is 10.1. The minimum Gasteiger partial charge on any atom is -0.388 e. The molecule has 4 heteroatoms. The number of rotatable bonds is 4. The van der Waals surface area contributed by atoms with Gasteiger partial charge in [0.05, 0.1) is 5.84 Å². The zero-order valence-electron chi connectivity index (χ0n) is 10.2. The number of piperazine rings is 1. The third-order valence-electron chi connectivity index (χ3n) is 3.36. The summed E-state index contributed by atoms with van der Waals surface area (Å²) in [6.07, 6.45) is 1.74. The van der Waals surface area contributed by atoms with Gasteiger partial charge in [-0.25, -0.2) is 0 Å². The van der Waals surface area contributed by atoms with Crippen LogP contribution in [0.15, 0.2) is 0 Å². The van der Waals surface area contributed by atoms with Crippen molar-refractivity contribution in [1.82, 2.24) is 9.80 Å². The molecule has 0 aromatic carbocycles. The average Bonchev–Trinajstić information content (AvgIpc) is 2.13. The number of nitrogens with two attached hydrogens (primary N) is 1. The summed E-state index contributed by atoms with van der Waals surface area (Å²) >= 11 is 0. The highest BCUT2D eigenvalue weighted by molar-refractivity contribution is 5.76. The van der Waals surface area contributed by atoms with Gasteiger partial charge < -0.3 is 10.6 Å². The standard InChI is InChI=1S/C11H24N4/c1-9-7-15(6-4-5-11(12)13)8-10(2)14(9)3/h9-10H,4-8H2,1-3H3,(H3,12,13). The molecule has 2 unspecified atom stereocenters. The maximum Gasteiger partial charge on any atom is 0.0905 e. The van der Waals surface area contributed by atoms with E-state index in [-0.39, 0.29) is 0 Å². The average molecular weight is 212 g/mol. The van der Waals surface area contributed by atoms with E-state index in [0.717, 1.165) is 32.5 Å². The molecular formula is C11H24N4.